The van der Waals surface area contributed by atoms with E-state index in [1.807, 2.05) is 19.1 Å². The van der Waals surface area contributed by atoms with Crippen molar-refractivity contribution in [2.75, 3.05) is 13.7 Å². The summed E-state index contributed by atoms with van der Waals surface area (Å²) in [6.07, 6.45) is 0.966. The third-order valence-corrected chi connectivity index (χ3v) is 3.46. The Kier molecular flexibility index (Phi) is 5.85. The predicted molar refractivity (Wildman–Crippen MR) is 71.2 cm³/mol. The summed E-state index contributed by atoms with van der Waals surface area (Å²) in [4.78, 5) is 0. The number of furan rings is 1. The summed E-state index contributed by atoms with van der Waals surface area (Å²) in [5, 5.41) is 13.5. The first-order chi connectivity index (χ1) is 8.49. The highest BCUT2D eigenvalue weighted by Crippen LogP contribution is 2.19. The molecule has 0 radical (unpaired) electrons. The van der Waals surface area contributed by atoms with E-state index in [4.69, 9.17) is 9.15 Å². The number of methoxy groups -OCH3 is 1. The van der Waals surface area contributed by atoms with Gasteiger partial charge in [-0.15, -0.1) is 0 Å². The molecule has 18 heavy (non-hydrogen) atoms. The van der Waals surface area contributed by atoms with Crippen LogP contribution in [0, 0.1) is 5.92 Å². The van der Waals surface area contributed by atoms with Gasteiger partial charge in [0.05, 0.1) is 12.1 Å². The monoisotopic (exact) mass is 255 g/mol. The van der Waals surface area contributed by atoms with Crippen LogP contribution in [-0.2, 0) is 17.9 Å². The number of hydrogen-bond acceptors (Lipinski definition) is 4. The summed E-state index contributed by atoms with van der Waals surface area (Å²) in [6.45, 7) is 7.68. The molecule has 4 heteroatoms. The zero-order chi connectivity index (χ0) is 13.6. The molecular formula is C14H25NO3. The smallest absolute Gasteiger partial charge is 0.129 e. The van der Waals surface area contributed by atoms with Crippen molar-refractivity contribution in [3.8, 4) is 0 Å². The van der Waals surface area contributed by atoms with Gasteiger partial charge >= 0.3 is 0 Å². The summed E-state index contributed by atoms with van der Waals surface area (Å²) in [5.41, 5.74) is -0.684. The molecule has 1 aromatic rings. The Morgan fingerprint density at radius 1 is 1.44 bits per heavy atom. The van der Waals surface area contributed by atoms with Crippen molar-refractivity contribution >= 4 is 0 Å². The maximum absolute atomic E-state index is 10.2. The van der Waals surface area contributed by atoms with E-state index in [0.29, 0.717) is 19.7 Å². The van der Waals surface area contributed by atoms with Crippen LogP contribution in [0.25, 0.3) is 0 Å². The summed E-state index contributed by atoms with van der Waals surface area (Å²) < 4.78 is 10.5. The lowest BCUT2D eigenvalue weighted by molar-refractivity contribution is 0.00501. The van der Waals surface area contributed by atoms with Crippen molar-refractivity contribution in [3.05, 3.63) is 23.7 Å². The first kappa shape index (κ1) is 15.2. The lowest BCUT2D eigenvalue weighted by atomic mass is 9.89. The normalized spacial score (nSPS) is 16.5. The topological polar surface area (TPSA) is 54.6 Å². The summed E-state index contributed by atoms with van der Waals surface area (Å²) in [6, 6.07) is 3.84. The van der Waals surface area contributed by atoms with E-state index in [0.717, 1.165) is 17.9 Å². The second-order valence-corrected chi connectivity index (χ2v) is 5.07. The van der Waals surface area contributed by atoms with E-state index in [-0.39, 0.29) is 5.92 Å². The Labute approximate surface area is 109 Å². The van der Waals surface area contributed by atoms with E-state index in [2.05, 4.69) is 19.2 Å². The molecule has 2 N–H and O–H groups in total. The average Bonchev–Trinajstić information content (AvgIpc) is 2.76. The van der Waals surface area contributed by atoms with Gasteiger partial charge in [0, 0.05) is 13.7 Å². The summed E-state index contributed by atoms with van der Waals surface area (Å²) in [7, 11) is 1.64. The minimum atomic E-state index is -0.684. The quantitative estimate of drug-likeness (QED) is 0.748. The van der Waals surface area contributed by atoms with Gasteiger partial charge in [-0.1, -0.05) is 20.3 Å². The molecule has 1 aromatic heterocycles. The molecule has 0 bridgehead atoms. The van der Waals surface area contributed by atoms with E-state index >= 15 is 0 Å². The van der Waals surface area contributed by atoms with Gasteiger partial charge < -0.3 is 19.6 Å². The number of ether oxygens (including phenoxy) is 1. The fourth-order valence-corrected chi connectivity index (χ4v) is 1.79. The Hall–Kier alpha value is -0.840. The van der Waals surface area contributed by atoms with Crippen LogP contribution in [0.1, 0.15) is 38.7 Å². The molecular weight excluding hydrogens is 230 g/mol. The van der Waals surface area contributed by atoms with Gasteiger partial charge in [-0.05, 0) is 25.0 Å². The van der Waals surface area contributed by atoms with Gasteiger partial charge in [-0.2, -0.15) is 0 Å². The average molecular weight is 255 g/mol. The zero-order valence-electron chi connectivity index (χ0n) is 11.8. The predicted octanol–water partition coefficient (Wildman–Crippen LogP) is 2.31. The SMILES string of the molecule is CCC(C)C(C)(O)CNCc1ccc(COC)o1. The van der Waals surface area contributed by atoms with Crippen LogP contribution in [0.15, 0.2) is 16.5 Å². The molecule has 104 valence electrons. The molecule has 1 rings (SSSR count). The second-order valence-electron chi connectivity index (χ2n) is 5.07. The Morgan fingerprint density at radius 3 is 2.72 bits per heavy atom. The minimum absolute atomic E-state index is 0.269. The van der Waals surface area contributed by atoms with Gasteiger partial charge in [-0.25, -0.2) is 0 Å². The van der Waals surface area contributed by atoms with Crippen LogP contribution >= 0.6 is 0 Å². The summed E-state index contributed by atoms with van der Waals surface area (Å²) >= 11 is 0. The Balaban J connectivity index is 2.36. The molecule has 4 nitrogen and oxygen atoms in total. The number of hydrogen-bond donors (Lipinski definition) is 2. The van der Waals surface area contributed by atoms with Crippen LogP contribution in [0.3, 0.4) is 0 Å². The molecule has 0 saturated carbocycles. The lowest BCUT2D eigenvalue weighted by Gasteiger charge is -2.29. The van der Waals surface area contributed by atoms with Crippen molar-refractivity contribution in [3.63, 3.8) is 0 Å². The van der Waals surface area contributed by atoms with Crippen LogP contribution in [0.2, 0.25) is 0 Å². The van der Waals surface area contributed by atoms with Gasteiger partial charge in [0.15, 0.2) is 0 Å². The van der Waals surface area contributed by atoms with Crippen LogP contribution in [-0.4, -0.2) is 24.4 Å². The fraction of sp³-hybridized carbons (Fsp3) is 0.714. The molecule has 0 aliphatic heterocycles. The highest BCUT2D eigenvalue weighted by molar-refractivity contribution is 5.06. The maximum Gasteiger partial charge on any atom is 0.129 e. The molecule has 0 saturated heterocycles. The zero-order valence-corrected chi connectivity index (χ0v) is 11.8. The van der Waals surface area contributed by atoms with E-state index in [9.17, 15) is 5.11 Å². The third-order valence-electron chi connectivity index (χ3n) is 3.46. The van der Waals surface area contributed by atoms with Crippen LogP contribution in [0.4, 0.5) is 0 Å². The molecule has 0 amide bonds. The molecule has 0 aliphatic carbocycles. The van der Waals surface area contributed by atoms with E-state index < -0.39 is 5.60 Å². The van der Waals surface area contributed by atoms with Crippen molar-refractivity contribution in [2.24, 2.45) is 5.92 Å². The first-order valence-electron chi connectivity index (χ1n) is 6.49. The van der Waals surface area contributed by atoms with Gasteiger partial charge in [0.2, 0.25) is 0 Å². The van der Waals surface area contributed by atoms with Gasteiger partial charge in [0.1, 0.15) is 18.1 Å². The standard InChI is InChI=1S/C14H25NO3/c1-5-11(2)14(3,16)10-15-8-12-6-7-13(18-12)9-17-4/h6-7,11,15-16H,5,8-10H2,1-4H3. The van der Waals surface area contributed by atoms with E-state index in [1.54, 1.807) is 7.11 Å². The molecule has 0 aliphatic rings. The van der Waals surface area contributed by atoms with Crippen LogP contribution < -0.4 is 5.32 Å². The molecule has 0 aromatic carbocycles. The molecule has 0 fully saturated rings. The van der Waals surface area contributed by atoms with Crippen molar-refractivity contribution in [1.29, 1.82) is 0 Å². The lowest BCUT2D eigenvalue weighted by Crippen LogP contribution is -2.42. The Bertz CT molecular complexity index is 347. The van der Waals surface area contributed by atoms with Crippen LogP contribution in [0.5, 0.6) is 0 Å². The fourth-order valence-electron chi connectivity index (χ4n) is 1.79. The number of rotatable bonds is 8. The second kappa shape index (κ2) is 6.92. The van der Waals surface area contributed by atoms with Crippen molar-refractivity contribution in [2.45, 2.75) is 45.9 Å². The van der Waals surface area contributed by atoms with Gasteiger partial charge in [0.25, 0.3) is 0 Å². The van der Waals surface area contributed by atoms with E-state index in [1.165, 1.54) is 0 Å². The highest BCUT2D eigenvalue weighted by Gasteiger charge is 2.26. The molecule has 0 spiro atoms. The Morgan fingerprint density at radius 2 is 2.11 bits per heavy atom. The number of aliphatic hydroxyl groups is 1. The summed E-state index contributed by atoms with van der Waals surface area (Å²) in [5.74, 6) is 1.95. The largest absolute Gasteiger partial charge is 0.462 e. The van der Waals surface area contributed by atoms with Gasteiger partial charge in [-0.3, -0.25) is 0 Å². The first-order valence-corrected chi connectivity index (χ1v) is 6.49. The van der Waals surface area contributed by atoms with Crippen molar-refractivity contribution in [1.82, 2.24) is 5.32 Å². The molecule has 2 atom stereocenters. The maximum atomic E-state index is 10.2. The number of nitrogens with one attached hydrogen (secondary N) is 1. The molecule has 2 unspecified atom stereocenters. The minimum Gasteiger partial charge on any atom is -0.462 e. The highest BCUT2D eigenvalue weighted by atomic mass is 16.5. The third kappa shape index (κ3) is 4.44. The van der Waals surface area contributed by atoms with Crippen molar-refractivity contribution < 1.29 is 14.3 Å². The molecule has 1 heterocycles.